The van der Waals surface area contributed by atoms with Crippen molar-refractivity contribution in [3.63, 3.8) is 0 Å². The Balaban J connectivity index is 1.89. The molecule has 2 aromatic carbocycles. The summed E-state index contributed by atoms with van der Waals surface area (Å²) in [6, 6.07) is 10.6. The van der Waals surface area contributed by atoms with E-state index in [1.807, 2.05) is 0 Å². The molecule has 130 valence electrons. The Labute approximate surface area is 149 Å². The van der Waals surface area contributed by atoms with Crippen molar-refractivity contribution in [3.05, 3.63) is 70.0 Å². The van der Waals surface area contributed by atoms with Gasteiger partial charge in [0.05, 0.1) is 5.02 Å². The first-order chi connectivity index (χ1) is 11.9. The average molecular weight is 363 g/mol. The molecule has 0 heterocycles. The van der Waals surface area contributed by atoms with Gasteiger partial charge < -0.3 is 10.6 Å². The number of halogens is 2. The monoisotopic (exact) mass is 362 g/mol. The lowest BCUT2D eigenvalue weighted by Gasteiger charge is -2.06. The molecular weight excluding hydrogens is 347 g/mol. The molecule has 2 amide bonds. The summed E-state index contributed by atoms with van der Waals surface area (Å²) in [6.07, 6.45) is -0.213. The topological polar surface area (TPSA) is 75.3 Å². The second-order valence-electron chi connectivity index (χ2n) is 5.31. The molecule has 0 saturated heterocycles. The van der Waals surface area contributed by atoms with E-state index in [0.29, 0.717) is 11.1 Å². The molecule has 0 aliphatic heterocycles. The van der Waals surface area contributed by atoms with Gasteiger partial charge in [-0.25, -0.2) is 4.39 Å². The van der Waals surface area contributed by atoms with E-state index in [2.05, 4.69) is 10.6 Å². The van der Waals surface area contributed by atoms with Gasteiger partial charge >= 0.3 is 0 Å². The van der Waals surface area contributed by atoms with Crippen molar-refractivity contribution in [1.82, 2.24) is 10.6 Å². The van der Waals surface area contributed by atoms with Crippen molar-refractivity contribution in [2.45, 2.75) is 13.0 Å². The van der Waals surface area contributed by atoms with Crippen molar-refractivity contribution in [2.75, 3.05) is 7.05 Å². The van der Waals surface area contributed by atoms with Crippen LogP contribution >= 0.6 is 11.6 Å². The van der Waals surface area contributed by atoms with Crippen molar-refractivity contribution < 1.29 is 18.8 Å². The van der Waals surface area contributed by atoms with Crippen LogP contribution in [0.25, 0.3) is 0 Å². The van der Waals surface area contributed by atoms with E-state index >= 15 is 0 Å². The lowest BCUT2D eigenvalue weighted by atomic mass is 10.1. The zero-order chi connectivity index (χ0) is 18.4. The maximum Gasteiger partial charge on any atom is 0.287 e. The van der Waals surface area contributed by atoms with E-state index in [4.69, 9.17) is 11.6 Å². The molecule has 0 aliphatic carbocycles. The Morgan fingerprint density at radius 2 is 1.68 bits per heavy atom. The van der Waals surface area contributed by atoms with Crippen LogP contribution in [0.2, 0.25) is 5.02 Å². The normalized spacial score (nSPS) is 10.2. The Hall–Kier alpha value is -2.73. The molecule has 2 N–H and O–H groups in total. The molecule has 0 bridgehead atoms. The molecule has 2 aromatic rings. The standard InChI is InChI=1S/C18H16ClFN2O3/c1-21-17(24)13-5-2-11(3-6-13)10-22-18(25)16(23)9-12-4-7-14(19)15(20)8-12/h2-8H,9-10H2,1H3,(H,21,24)(H,22,25). The molecule has 0 atom stereocenters. The van der Waals surface area contributed by atoms with E-state index in [9.17, 15) is 18.8 Å². The molecule has 0 aliphatic rings. The molecule has 25 heavy (non-hydrogen) atoms. The molecule has 0 fully saturated rings. The highest BCUT2D eigenvalue weighted by Crippen LogP contribution is 2.16. The summed E-state index contributed by atoms with van der Waals surface area (Å²) in [5.74, 6) is -2.28. The van der Waals surface area contributed by atoms with Gasteiger partial charge in [-0.05, 0) is 35.4 Å². The van der Waals surface area contributed by atoms with Crippen molar-refractivity contribution in [3.8, 4) is 0 Å². The SMILES string of the molecule is CNC(=O)c1ccc(CNC(=O)C(=O)Cc2ccc(Cl)c(F)c2)cc1. The molecule has 0 saturated carbocycles. The quantitative estimate of drug-likeness (QED) is 0.774. The number of ketones is 1. The Kier molecular flexibility index (Phi) is 6.25. The number of rotatable bonds is 6. The summed E-state index contributed by atoms with van der Waals surface area (Å²) in [5, 5.41) is 4.97. The zero-order valence-electron chi connectivity index (χ0n) is 13.4. The number of nitrogens with one attached hydrogen (secondary N) is 2. The fourth-order valence-corrected chi connectivity index (χ4v) is 2.23. The Bertz CT molecular complexity index is 806. The van der Waals surface area contributed by atoms with Crippen LogP contribution in [-0.2, 0) is 22.6 Å². The van der Waals surface area contributed by atoms with Crippen LogP contribution in [0, 0.1) is 5.82 Å². The van der Waals surface area contributed by atoms with E-state index in [1.54, 1.807) is 24.3 Å². The third-order valence-corrected chi connectivity index (χ3v) is 3.80. The maximum atomic E-state index is 13.3. The average Bonchev–Trinajstić information content (AvgIpc) is 2.62. The van der Waals surface area contributed by atoms with Crippen LogP contribution in [0.15, 0.2) is 42.5 Å². The lowest BCUT2D eigenvalue weighted by Crippen LogP contribution is -2.31. The van der Waals surface area contributed by atoms with E-state index < -0.39 is 17.5 Å². The fourth-order valence-electron chi connectivity index (χ4n) is 2.11. The maximum absolute atomic E-state index is 13.3. The Morgan fingerprint density at radius 1 is 1.04 bits per heavy atom. The van der Waals surface area contributed by atoms with Crippen LogP contribution < -0.4 is 10.6 Å². The number of benzene rings is 2. The van der Waals surface area contributed by atoms with Gasteiger partial charge in [0.1, 0.15) is 5.82 Å². The van der Waals surface area contributed by atoms with Crippen LogP contribution in [0.4, 0.5) is 4.39 Å². The smallest absolute Gasteiger partial charge is 0.287 e. The van der Waals surface area contributed by atoms with Crippen LogP contribution in [-0.4, -0.2) is 24.6 Å². The van der Waals surface area contributed by atoms with Gasteiger partial charge in [-0.2, -0.15) is 0 Å². The fraction of sp³-hybridized carbons (Fsp3) is 0.167. The second-order valence-corrected chi connectivity index (χ2v) is 5.71. The van der Waals surface area contributed by atoms with Gasteiger partial charge in [0.2, 0.25) is 5.78 Å². The van der Waals surface area contributed by atoms with E-state index in [-0.39, 0.29) is 23.9 Å². The number of amides is 2. The predicted molar refractivity (Wildman–Crippen MR) is 91.8 cm³/mol. The highest BCUT2D eigenvalue weighted by molar-refractivity contribution is 6.36. The first-order valence-corrected chi connectivity index (χ1v) is 7.84. The minimum atomic E-state index is -0.759. The Morgan fingerprint density at radius 3 is 2.28 bits per heavy atom. The predicted octanol–water partition coefficient (Wildman–Crippen LogP) is 2.27. The van der Waals surface area contributed by atoms with E-state index in [0.717, 1.165) is 11.6 Å². The summed E-state index contributed by atoms with van der Waals surface area (Å²) >= 11 is 5.57. The first kappa shape index (κ1) is 18.6. The summed E-state index contributed by atoms with van der Waals surface area (Å²) < 4.78 is 13.3. The van der Waals surface area contributed by atoms with Crippen molar-refractivity contribution in [2.24, 2.45) is 0 Å². The molecule has 0 unspecified atom stereocenters. The molecular formula is C18H16ClFN2O3. The number of hydrogen-bond acceptors (Lipinski definition) is 3. The minimum Gasteiger partial charge on any atom is -0.355 e. The summed E-state index contributed by atoms with van der Waals surface area (Å²) in [5.41, 5.74) is 1.61. The van der Waals surface area contributed by atoms with Gasteiger partial charge in [-0.15, -0.1) is 0 Å². The minimum absolute atomic E-state index is 0.0409. The second kappa shape index (κ2) is 8.39. The highest BCUT2D eigenvalue weighted by Gasteiger charge is 2.15. The van der Waals surface area contributed by atoms with Gasteiger partial charge in [-0.1, -0.05) is 29.8 Å². The summed E-state index contributed by atoms with van der Waals surface area (Å²) in [6.45, 7) is 0.146. The van der Waals surface area contributed by atoms with Crippen molar-refractivity contribution >= 4 is 29.2 Å². The van der Waals surface area contributed by atoms with Gasteiger partial charge in [0.15, 0.2) is 0 Å². The third-order valence-electron chi connectivity index (χ3n) is 3.50. The molecule has 0 aromatic heterocycles. The van der Waals surface area contributed by atoms with Crippen LogP contribution in [0.1, 0.15) is 21.5 Å². The zero-order valence-corrected chi connectivity index (χ0v) is 14.2. The largest absolute Gasteiger partial charge is 0.355 e. The lowest BCUT2D eigenvalue weighted by molar-refractivity contribution is -0.137. The number of hydrogen-bond donors (Lipinski definition) is 2. The van der Waals surface area contributed by atoms with Crippen LogP contribution in [0.3, 0.4) is 0 Å². The van der Waals surface area contributed by atoms with Gasteiger partial charge in [-0.3, -0.25) is 14.4 Å². The molecule has 0 spiro atoms. The first-order valence-electron chi connectivity index (χ1n) is 7.46. The van der Waals surface area contributed by atoms with E-state index in [1.165, 1.54) is 19.2 Å². The molecule has 2 rings (SSSR count). The molecule has 7 heteroatoms. The highest BCUT2D eigenvalue weighted by atomic mass is 35.5. The van der Waals surface area contributed by atoms with Gasteiger partial charge in [0, 0.05) is 25.6 Å². The third kappa shape index (κ3) is 5.12. The number of Topliss-reactive ketones (excluding diaryl/α,β-unsaturated/α-hetero) is 1. The molecule has 5 nitrogen and oxygen atoms in total. The summed E-state index contributed by atoms with van der Waals surface area (Å²) in [7, 11) is 1.54. The number of carbonyl (C=O) groups is 3. The summed E-state index contributed by atoms with van der Waals surface area (Å²) in [4.78, 5) is 35.2. The number of carbonyl (C=O) groups excluding carboxylic acids is 3. The van der Waals surface area contributed by atoms with Crippen LogP contribution in [0.5, 0.6) is 0 Å². The van der Waals surface area contributed by atoms with Crippen molar-refractivity contribution in [1.29, 1.82) is 0 Å². The molecule has 0 radical (unpaired) electrons. The van der Waals surface area contributed by atoms with Gasteiger partial charge in [0.25, 0.3) is 11.8 Å².